The molecule has 1 aromatic heterocycles. The summed E-state index contributed by atoms with van der Waals surface area (Å²) >= 11 is 0. The molecule has 0 fully saturated rings. The largest absolute Gasteiger partial charge is 0.481 e. The van der Waals surface area contributed by atoms with Crippen LogP contribution in [0, 0.1) is 5.82 Å². The number of imidazole rings is 1. The Morgan fingerprint density at radius 3 is 3.06 bits per heavy atom. The van der Waals surface area contributed by atoms with Crippen LogP contribution in [0.15, 0.2) is 18.2 Å². The lowest BCUT2D eigenvalue weighted by Gasteiger charge is -2.04. The molecule has 0 saturated carbocycles. The van der Waals surface area contributed by atoms with E-state index in [9.17, 15) is 9.18 Å². The van der Waals surface area contributed by atoms with Gasteiger partial charge in [0, 0.05) is 20.0 Å². The average Bonchev–Trinajstić information content (AvgIpc) is 2.62. The Balaban J connectivity index is 2.09. The first-order chi connectivity index (χ1) is 8.58. The fraction of sp³-hybridized carbons (Fsp3) is 0.333. The maximum atomic E-state index is 13.1. The lowest BCUT2D eigenvalue weighted by molar-refractivity contribution is -0.137. The van der Waals surface area contributed by atoms with Gasteiger partial charge in [-0.3, -0.25) is 4.79 Å². The summed E-state index contributed by atoms with van der Waals surface area (Å²) in [5.74, 6) is -0.507. The van der Waals surface area contributed by atoms with Crippen LogP contribution in [0.5, 0.6) is 0 Å². The normalized spacial score (nSPS) is 10.8. The molecule has 2 rings (SSSR count). The fourth-order valence-electron chi connectivity index (χ4n) is 1.76. The number of anilines is 1. The van der Waals surface area contributed by atoms with Gasteiger partial charge in [0.2, 0.25) is 5.95 Å². The lowest BCUT2D eigenvalue weighted by Crippen LogP contribution is -2.08. The summed E-state index contributed by atoms with van der Waals surface area (Å²) in [6.45, 7) is 0.520. The number of nitrogens with zero attached hydrogens (tertiary/aromatic N) is 2. The summed E-state index contributed by atoms with van der Waals surface area (Å²) in [6.07, 6.45) is 0.637. The number of aliphatic carboxylic acids is 1. The second kappa shape index (κ2) is 5.03. The lowest BCUT2D eigenvalue weighted by atomic mass is 10.3. The van der Waals surface area contributed by atoms with Crippen molar-refractivity contribution in [2.24, 2.45) is 7.05 Å². The molecule has 0 spiro atoms. The third-order valence-electron chi connectivity index (χ3n) is 2.69. The van der Waals surface area contributed by atoms with Gasteiger partial charge in [-0.05, 0) is 24.6 Å². The quantitative estimate of drug-likeness (QED) is 0.797. The van der Waals surface area contributed by atoms with Crippen molar-refractivity contribution in [2.75, 3.05) is 11.9 Å². The summed E-state index contributed by atoms with van der Waals surface area (Å²) in [7, 11) is 1.79. The van der Waals surface area contributed by atoms with Crippen LogP contribution >= 0.6 is 0 Å². The van der Waals surface area contributed by atoms with E-state index in [4.69, 9.17) is 5.11 Å². The minimum Gasteiger partial charge on any atom is -0.481 e. The van der Waals surface area contributed by atoms with Crippen LogP contribution in [0.3, 0.4) is 0 Å². The Morgan fingerprint density at radius 2 is 2.33 bits per heavy atom. The van der Waals surface area contributed by atoms with Gasteiger partial charge in [0.1, 0.15) is 5.82 Å². The van der Waals surface area contributed by atoms with Crippen molar-refractivity contribution in [3.05, 3.63) is 24.0 Å². The first-order valence-electron chi connectivity index (χ1n) is 5.65. The molecule has 1 heterocycles. The van der Waals surface area contributed by atoms with Crippen LogP contribution in [0.4, 0.5) is 10.3 Å². The van der Waals surface area contributed by atoms with Crippen LogP contribution in [0.1, 0.15) is 12.8 Å². The van der Waals surface area contributed by atoms with Gasteiger partial charge in [-0.25, -0.2) is 9.37 Å². The van der Waals surface area contributed by atoms with E-state index in [-0.39, 0.29) is 12.2 Å². The Bertz CT molecular complexity index is 580. The molecule has 0 atom stereocenters. The minimum absolute atomic E-state index is 0.117. The van der Waals surface area contributed by atoms with Crippen LogP contribution in [-0.2, 0) is 11.8 Å². The van der Waals surface area contributed by atoms with Gasteiger partial charge in [0.15, 0.2) is 0 Å². The van der Waals surface area contributed by atoms with E-state index < -0.39 is 5.97 Å². The van der Waals surface area contributed by atoms with Crippen molar-refractivity contribution >= 4 is 23.0 Å². The van der Waals surface area contributed by atoms with E-state index in [2.05, 4.69) is 10.3 Å². The molecule has 1 aromatic carbocycles. The number of carbonyl (C=O) groups is 1. The summed E-state index contributed by atoms with van der Waals surface area (Å²) in [4.78, 5) is 14.7. The molecular formula is C12H14FN3O2. The molecule has 0 radical (unpaired) electrons. The molecule has 18 heavy (non-hydrogen) atoms. The van der Waals surface area contributed by atoms with Gasteiger partial charge in [-0.2, -0.15) is 0 Å². The molecule has 0 bridgehead atoms. The smallest absolute Gasteiger partial charge is 0.303 e. The van der Waals surface area contributed by atoms with Gasteiger partial charge >= 0.3 is 5.97 Å². The van der Waals surface area contributed by atoms with Crippen LogP contribution in [0.25, 0.3) is 11.0 Å². The molecule has 0 aliphatic carbocycles. The standard InChI is InChI=1S/C12H14FN3O2/c1-16-10-7-8(13)4-5-9(10)15-12(16)14-6-2-3-11(17)18/h4-5,7H,2-3,6H2,1H3,(H,14,15)(H,17,18). The number of halogens is 1. The van der Waals surface area contributed by atoms with E-state index in [0.717, 1.165) is 0 Å². The first kappa shape index (κ1) is 12.3. The summed E-state index contributed by atoms with van der Waals surface area (Å²) in [6, 6.07) is 4.40. The van der Waals surface area contributed by atoms with Gasteiger partial charge in [0.05, 0.1) is 11.0 Å². The van der Waals surface area contributed by atoms with Crippen molar-refractivity contribution in [3.63, 3.8) is 0 Å². The third kappa shape index (κ3) is 2.58. The zero-order valence-corrected chi connectivity index (χ0v) is 9.98. The number of aromatic nitrogens is 2. The molecule has 96 valence electrons. The second-order valence-electron chi connectivity index (χ2n) is 4.05. The van der Waals surface area contributed by atoms with Gasteiger partial charge < -0.3 is 15.0 Å². The molecular weight excluding hydrogens is 237 g/mol. The fourth-order valence-corrected chi connectivity index (χ4v) is 1.76. The molecule has 2 aromatic rings. The van der Waals surface area contributed by atoms with Crippen molar-refractivity contribution < 1.29 is 14.3 Å². The number of fused-ring (bicyclic) bond motifs is 1. The summed E-state index contributed by atoms with van der Waals surface area (Å²) < 4.78 is 14.8. The van der Waals surface area contributed by atoms with Gasteiger partial charge in [-0.15, -0.1) is 0 Å². The predicted octanol–water partition coefficient (Wildman–Crippen LogP) is 1.99. The van der Waals surface area contributed by atoms with Crippen LogP contribution < -0.4 is 5.32 Å². The van der Waals surface area contributed by atoms with E-state index in [0.29, 0.717) is 29.9 Å². The van der Waals surface area contributed by atoms with Crippen LogP contribution in [0.2, 0.25) is 0 Å². The monoisotopic (exact) mass is 251 g/mol. The molecule has 0 unspecified atom stereocenters. The molecule has 0 aliphatic heterocycles. The maximum Gasteiger partial charge on any atom is 0.303 e. The molecule has 6 heteroatoms. The van der Waals surface area contributed by atoms with Crippen molar-refractivity contribution in [2.45, 2.75) is 12.8 Å². The predicted molar refractivity (Wildman–Crippen MR) is 66.0 cm³/mol. The Kier molecular flexibility index (Phi) is 3.45. The molecule has 5 nitrogen and oxygen atoms in total. The highest BCUT2D eigenvalue weighted by atomic mass is 19.1. The molecule has 0 amide bonds. The Hall–Kier alpha value is -2.11. The number of hydrogen-bond acceptors (Lipinski definition) is 3. The van der Waals surface area contributed by atoms with Crippen molar-refractivity contribution in [1.82, 2.24) is 9.55 Å². The van der Waals surface area contributed by atoms with Crippen molar-refractivity contribution in [1.29, 1.82) is 0 Å². The topological polar surface area (TPSA) is 67.2 Å². The highest BCUT2D eigenvalue weighted by Crippen LogP contribution is 2.19. The average molecular weight is 251 g/mol. The van der Waals surface area contributed by atoms with Gasteiger partial charge in [0.25, 0.3) is 0 Å². The Morgan fingerprint density at radius 1 is 1.56 bits per heavy atom. The molecule has 0 saturated heterocycles. The van der Waals surface area contributed by atoms with E-state index in [1.807, 2.05) is 0 Å². The van der Waals surface area contributed by atoms with Crippen LogP contribution in [-0.4, -0.2) is 27.2 Å². The maximum absolute atomic E-state index is 13.1. The second-order valence-corrected chi connectivity index (χ2v) is 4.05. The zero-order chi connectivity index (χ0) is 13.1. The highest BCUT2D eigenvalue weighted by molar-refractivity contribution is 5.78. The number of nitrogens with one attached hydrogen (secondary N) is 1. The van der Waals surface area contributed by atoms with Crippen molar-refractivity contribution in [3.8, 4) is 0 Å². The Labute approximate surface area is 103 Å². The van der Waals surface area contributed by atoms with E-state index in [1.54, 1.807) is 17.7 Å². The number of carboxylic acids is 1. The van der Waals surface area contributed by atoms with E-state index >= 15 is 0 Å². The number of rotatable bonds is 5. The highest BCUT2D eigenvalue weighted by Gasteiger charge is 2.08. The minimum atomic E-state index is -0.816. The number of benzene rings is 1. The van der Waals surface area contributed by atoms with E-state index in [1.165, 1.54) is 12.1 Å². The number of carboxylic acid groups (broad SMARTS) is 1. The third-order valence-corrected chi connectivity index (χ3v) is 2.69. The number of hydrogen-bond donors (Lipinski definition) is 2. The SMILES string of the molecule is Cn1c(NCCCC(=O)O)nc2ccc(F)cc21. The summed E-state index contributed by atoms with van der Waals surface area (Å²) in [5, 5.41) is 11.6. The molecule has 0 aliphatic rings. The zero-order valence-electron chi connectivity index (χ0n) is 9.98. The summed E-state index contributed by atoms with van der Waals surface area (Å²) in [5.41, 5.74) is 1.41. The van der Waals surface area contributed by atoms with Gasteiger partial charge in [-0.1, -0.05) is 0 Å². The molecule has 2 N–H and O–H groups in total. The number of aryl methyl sites for hydroxylation is 1. The first-order valence-corrected chi connectivity index (χ1v) is 5.65.